The molecule has 2 heterocycles. The van der Waals surface area contributed by atoms with E-state index >= 15 is 0 Å². The molecule has 0 spiro atoms. The average molecular weight is 414 g/mol. The predicted octanol–water partition coefficient (Wildman–Crippen LogP) is 1.78. The smallest absolute Gasteiger partial charge is 0.317 e. The summed E-state index contributed by atoms with van der Waals surface area (Å²) in [4.78, 5) is 28.2. The molecule has 2 aliphatic heterocycles. The first-order valence-corrected chi connectivity index (χ1v) is 9.76. The van der Waals surface area contributed by atoms with Crippen molar-refractivity contribution in [3.05, 3.63) is 41.7 Å². The zero-order valence-electron chi connectivity index (χ0n) is 16.6. The van der Waals surface area contributed by atoms with Gasteiger partial charge in [0.1, 0.15) is 6.61 Å². The van der Waals surface area contributed by atoms with Crippen LogP contribution in [0.2, 0.25) is 0 Å². The maximum absolute atomic E-state index is 13.9. The Morgan fingerprint density at radius 2 is 2.10 bits per heavy atom. The number of amides is 3. The summed E-state index contributed by atoms with van der Waals surface area (Å²) in [6.45, 7) is 3.03. The molecular weight excluding hydrogens is 391 g/mol. The number of ether oxygens (including phenoxy) is 1. The zero-order chi connectivity index (χ0) is 21.3. The number of nitrogens with one attached hydrogen (secondary N) is 2. The number of halogens is 1. The van der Waals surface area contributed by atoms with Crippen molar-refractivity contribution in [3.8, 4) is 22.6 Å². The summed E-state index contributed by atoms with van der Waals surface area (Å²) in [5.41, 5.74) is 2.24. The van der Waals surface area contributed by atoms with Crippen LogP contribution in [0.1, 0.15) is 10.4 Å². The zero-order valence-corrected chi connectivity index (χ0v) is 16.6. The Balaban J connectivity index is 1.62. The van der Waals surface area contributed by atoms with Crippen molar-refractivity contribution in [3.63, 3.8) is 0 Å². The quantitative estimate of drug-likeness (QED) is 0.694. The fourth-order valence-corrected chi connectivity index (χ4v) is 3.60. The van der Waals surface area contributed by atoms with Crippen molar-refractivity contribution in [2.24, 2.45) is 0 Å². The first kappa shape index (κ1) is 19.8. The summed E-state index contributed by atoms with van der Waals surface area (Å²) in [6, 6.07) is 7.47. The Morgan fingerprint density at radius 1 is 1.27 bits per heavy atom. The second kappa shape index (κ2) is 8.10. The highest BCUT2D eigenvalue weighted by atomic mass is 19.1. The maximum Gasteiger partial charge on any atom is 0.317 e. The van der Waals surface area contributed by atoms with Gasteiger partial charge < -0.3 is 30.3 Å². The first-order valence-electron chi connectivity index (χ1n) is 9.76. The highest BCUT2D eigenvalue weighted by molar-refractivity contribution is 6.01. The fourth-order valence-electron chi connectivity index (χ4n) is 3.60. The number of benzene rings is 2. The largest absolute Gasteiger partial charge is 0.505 e. The van der Waals surface area contributed by atoms with Crippen molar-refractivity contribution in [1.29, 1.82) is 0 Å². The van der Waals surface area contributed by atoms with Crippen LogP contribution in [0.3, 0.4) is 0 Å². The molecule has 0 unspecified atom stereocenters. The van der Waals surface area contributed by atoms with E-state index in [-0.39, 0.29) is 11.9 Å². The Bertz CT molecular complexity index is 997. The number of rotatable bonds is 5. The number of phenols is 1. The van der Waals surface area contributed by atoms with E-state index in [9.17, 15) is 19.1 Å². The van der Waals surface area contributed by atoms with Crippen LogP contribution in [0, 0.1) is 5.82 Å². The monoisotopic (exact) mass is 414 g/mol. The third kappa shape index (κ3) is 3.83. The third-order valence-electron chi connectivity index (χ3n) is 5.29. The van der Waals surface area contributed by atoms with Crippen LogP contribution in [0.15, 0.2) is 30.3 Å². The molecule has 8 nitrogen and oxygen atoms in total. The van der Waals surface area contributed by atoms with Crippen molar-refractivity contribution < 1.29 is 23.8 Å². The fraction of sp³-hybridized carbons (Fsp3) is 0.333. The molecule has 30 heavy (non-hydrogen) atoms. The Morgan fingerprint density at radius 3 is 2.83 bits per heavy atom. The Hall–Kier alpha value is -3.49. The van der Waals surface area contributed by atoms with Gasteiger partial charge in [-0.2, -0.15) is 0 Å². The number of hydrogen-bond donors (Lipinski definition) is 3. The maximum atomic E-state index is 13.9. The predicted molar refractivity (Wildman–Crippen MR) is 110 cm³/mol. The van der Waals surface area contributed by atoms with Gasteiger partial charge in [0, 0.05) is 33.2 Å². The van der Waals surface area contributed by atoms with Crippen LogP contribution in [0.4, 0.5) is 14.9 Å². The first-order chi connectivity index (χ1) is 14.4. The molecule has 0 bridgehead atoms. The van der Waals surface area contributed by atoms with Gasteiger partial charge in [0.05, 0.1) is 17.8 Å². The standard InChI is InChI=1S/C21H23FN4O4/c1-25-8-9-30-19-15(20(28)23-4-6-26-7-5-24-21(26)29)10-14(12-17(19)25)13-2-3-18(27)16(22)11-13/h2-3,10-12,27H,4-9H2,1H3,(H,23,28)(H,24,29). The van der Waals surface area contributed by atoms with Crippen LogP contribution >= 0.6 is 0 Å². The molecule has 2 aliphatic rings. The minimum absolute atomic E-state index is 0.136. The average Bonchev–Trinajstić information content (AvgIpc) is 3.14. The van der Waals surface area contributed by atoms with Crippen LogP contribution < -0.4 is 20.3 Å². The van der Waals surface area contributed by atoms with E-state index in [1.807, 2.05) is 18.0 Å². The Kier molecular flexibility index (Phi) is 5.35. The number of urea groups is 1. The van der Waals surface area contributed by atoms with Crippen LogP contribution in [-0.2, 0) is 0 Å². The lowest BCUT2D eigenvalue weighted by atomic mass is 9.99. The van der Waals surface area contributed by atoms with Gasteiger partial charge in [-0.15, -0.1) is 0 Å². The van der Waals surface area contributed by atoms with Gasteiger partial charge >= 0.3 is 6.03 Å². The highest BCUT2D eigenvalue weighted by Gasteiger charge is 2.25. The second-order valence-corrected chi connectivity index (χ2v) is 7.28. The van der Waals surface area contributed by atoms with E-state index < -0.39 is 11.6 Å². The number of likely N-dealkylation sites (N-methyl/N-ethyl adjacent to an activating group) is 1. The molecule has 2 aromatic rings. The lowest BCUT2D eigenvalue weighted by molar-refractivity contribution is 0.0946. The molecule has 3 N–H and O–H groups in total. The highest BCUT2D eigenvalue weighted by Crippen LogP contribution is 2.39. The SMILES string of the molecule is CN1CCOc2c(C(=O)NCCN3CCNC3=O)cc(-c3ccc(O)c(F)c3)cc21. The van der Waals surface area contributed by atoms with Crippen molar-refractivity contribution in [2.45, 2.75) is 0 Å². The van der Waals surface area contributed by atoms with Crippen molar-refractivity contribution >= 4 is 17.6 Å². The summed E-state index contributed by atoms with van der Waals surface area (Å²) in [5, 5.41) is 15.0. The van der Waals surface area contributed by atoms with Crippen molar-refractivity contribution in [2.75, 3.05) is 51.3 Å². The van der Waals surface area contributed by atoms with Gasteiger partial charge in [-0.3, -0.25) is 4.79 Å². The molecule has 3 amide bonds. The minimum atomic E-state index is -0.732. The molecule has 0 aliphatic carbocycles. The van der Waals surface area contributed by atoms with Gasteiger partial charge in [-0.1, -0.05) is 6.07 Å². The molecule has 0 aromatic heterocycles. The van der Waals surface area contributed by atoms with Crippen LogP contribution in [0.5, 0.6) is 11.5 Å². The van der Waals surface area contributed by atoms with E-state index in [0.717, 1.165) is 5.69 Å². The number of fused-ring (bicyclic) bond motifs is 1. The van der Waals surface area contributed by atoms with Crippen LogP contribution in [0.25, 0.3) is 11.1 Å². The number of phenolic OH excluding ortho intramolecular Hbond substituents is 1. The van der Waals surface area contributed by atoms with E-state index in [1.54, 1.807) is 17.0 Å². The Labute approximate surface area is 173 Å². The molecular formula is C21H23FN4O4. The van der Waals surface area contributed by atoms with E-state index in [2.05, 4.69) is 10.6 Å². The van der Waals surface area contributed by atoms with E-state index in [4.69, 9.17) is 4.74 Å². The van der Waals surface area contributed by atoms with E-state index in [1.165, 1.54) is 12.1 Å². The number of hydrogen-bond acceptors (Lipinski definition) is 5. The number of anilines is 1. The molecule has 0 saturated carbocycles. The topological polar surface area (TPSA) is 94.1 Å². The molecule has 4 rings (SSSR count). The summed E-state index contributed by atoms with van der Waals surface area (Å²) in [7, 11) is 1.90. The summed E-state index contributed by atoms with van der Waals surface area (Å²) < 4.78 is 19.7. The molecule has 1 saturated heterocycles. The van der Waals surface area contributed by atoms with E-state index in [0.29, 0.717) is 61.8 Å². The van der Waals surface area contributed by atoms with Crippen molar-refractivity contribution in [1.82, 2.24) is 15.5 Å². The molecule has 0 atom stereocenters. The van der Waals surface area contributed by atoms with Gasteiger partial charge in [0.15, 0.2) is 17.3 Å². The molecule has 9 heteroatoms. The minimum Gasteiger partial charge on any atom is -0.505 e. The number of nitrogens with zero attached hydrogens (tertiary/aromatic N) is 2. The van der Waals surface area contributed by atoms with Gasteiger partial charge in [-0.25, -0.2) is 9.18 Å². The van der Waals surface area contributed by atoms with Crippen LogP contribution in [-0.4, -0.2) is 68.3 Å². The number of carbonyl (C=O) groups excluding carboxylic acids is 2. The normalized spacial score (nSPS) is 15.5. The molecule has 158 valence electrons. The molecule has 1 fully saturated rings. The third-order valence-corrected chi connectivity index (χ3v) is 5.29. The van der Waals surface area contributed by atoms with Gasteiger partial charge in [0.25, 0.3) is 5.91 Å². The summed E-state index contributed by atoms with van der Waals surface area (Å²) in [5.74, 6) is -1.02. The lowest BCUT2D eigenvalue weighted by Crippen LogP contribution is -2.37. The number of carbonyl (C=O) groups is 2. The summed E-state index contributed by atoms with van der Waals surface area (Å²) in [6.07, 6.45) is 0. The second-order valence-electron chi connectivity index (χ2n) is 7.28. The van der Waals surface area contributed by atoms with Gasteiger partial charge in [0.2, 0.25) is 0 Å². The lowest BCUT2D eigenvalue weighted by Gasteiger charge is -2.30. The summed E-state index contributed by atoms with van der Waals surface area (Å²) >= 11 is 0. The van der Waals surface area contributed by atoms with Gasteiger partial charge in [-0.05, 0) is 35.4 Å². The number of aromatic hydroxyl groups is 1. The molecule has 2 aromatic carbocycles. The molecule has 0 radical (unpaired) electrons.